The van der Waals surface area contributed by atoms with E-state index in [4.69, 9.17) is 4.74 Å². The number of hydrogen-bond donors (Lipinski definition) is 2. The molecule has 0 unspecified atom stereocenters. The van der Waals surface area contributed by atoms with E-state index in [1.165, 1.54) is 0 Å². The highest BCUT2D eigenvalue weighted by atomic mass is 16.5. The fraction of sp³-hybridized carbons (Fsp3) is 0.316. The number of hydrogen-bond acceptors (Lipinski definition) is 3. The number of methoxy groups -OCH3 is 1. The molecule has 2 atom stereocenters. The lowest BCUT2D eigenvalue weighted by molar-refractivity contribution is -0.140. The van der Waals surface area contributed by atoms with Gasteiger partial charge in [-0.05, 0) is 18.6 Å². The van der Waals surface area contributed by atoms with Crippen molar-refractivity contribution in [2.24, 2.45) is 0 Å². The highest BCUT2D eigenvalue weighted by molar-refractivity contribution is 5.85. The van der Waals surface area contributed by atoms with E-state index in [0.29, 0.717) is 12.3 Å². The second-order valence-corrected chi connectivity index (χ2v) is 5.77. The molecule has 122 valence electrons. The lowest BCUT2D eigenvalue weighted by Gasteiger charge is -2.29. The average Bonchev–Trinajstić information content (AvgIpc) is 2.59. The van der Waals surface area contributed by atoms with Gasteiger partial charge >= 0.3 is 0 Å². The first-order chi connectivity index (χ1) is 11.0. The standard InChI is InChI=1S/C19H23NO3/c1-14(15-9-5-4-6-10-15)19(2,22)18(21)20-13-16-11-7-8-12-17(16)23-3/h4-12,14,22H,13H2,1-3H3,(H,20,21)/t14-,19+/m1/s1. The van der Waals surface area contributed by atoms with Crippen LogP contribution in [0.1, 0.15) is 30.9 Å². The summed E-state index contributed by atoms with van der Waals surface area (Å²) in [5, 5.41) is 13.5. The fourth-order valence-electron chi connectivity index (χ4n) is 2.47. The van der Waals surface area contributed by atoms with Gasteiger partial charge in [0.25, 0.3) is 5.91 Å². The first kappa shape index (κ1) is 17.0. The summed E-state index contributed by atoms with van der Waals surface area (Å²) in [4.78, 5) is 12.5. The van der Waals surface area contributed by atoms with Crippen LogP contribution in [0.3, 0.4) is 0 Å². The Morgan fingerprint density at radius 3 is 2.43 bits per heavy atom. The summed E-state index contributed by atoms with van der Waals surface area (Å²) >= 11 is 0. The highest BCUT2D eigenvalue weighted by Crippen LogP contribution is 2.28. The van der Waals surface area contributed by atoms with E-state index in [1.807, 2.05) is 61.5 Å². The van der Waals surface area contributed by atoms with Crippen LogP contribution in [0, 0.1) is 0 Å². The van der Waals surface area contributed by atoms with E-state index < -0.39 is 11.5 Å². The molecule has 1 amide bonds. The van der Waals surface area contributed by atoms with Crippen molar-refractivity contribution in [2.75, 3.05) is 7.11 Å². The molecule has 0 aliphatic carbocycles. The molecule has 0 radical (unpaired) electrons. The SMILES string of the molecule is COc1ccccc1CNC(=O)[C@@](C)(O)[C@H](C)c1ccccc1. The van der Waals surface area contributed by atoms with E-state index >= 15 is 0 Å². The summed E-state index contributed by atoms with van der Waals surface area (Å²) in [6.45, 7) is 3.70. The third kappa shape index (κ3) is 3.90. The van der Waals surface area contributed by atoms with Crippen LogP contribution >= 0.6 is 0 Å². The quantitative estimate of drug-likeness (QED) is 0.862. The van der Waals surface area contributed by atoms with Crippen LogP contribution in [0.4, 0.5) is 0 Å². The van der Waals surface area contributed by atoms with Crippen molar-refractivity contribution in [3.8, 4) is 5.75 Å². The summed E-state index contributed by atoms with van der Waals surface area (Å²) < 4.78 is 5.27. The maximum atomic E-state index is 12.5. The van der Waals surface area contributed by atoms with E-state index in [9.17, 15) is 9.90 Å². The zero-order chi connectivity index (χ0) is 16.9. The largest absolute Gasteiger partial charge is 0.496 e. The van der Waals surface area contributed by atoms with Crippen molar-refractivity contribution >= 4 is 5.91 Å². The Labute approximate surface area is 137 Å². The minimum Gasteiger partial charge on any atom is -0.496 e. The third-order valence-corrected chi connectivity index (χ3v) is 4.23. The minimum absolute atomic E-state index is 0.306. The van der Waals surface area contributed by atoms with Crippen LogP contribution in [0.15, 0.2) is 54.6 Å². The van der Waals surface area contributed by atoms with Crippen molar-refractivity contribution in [3.63, 3.8) is 0 Å². The van der Waals surface area contributed by atoms with Gasteiger partial charge in [-0.1, -0.05) is 55.5 Å². The number of aliphatic hydroxyl groups is 1. The topological polar surface area (TPSA) is 58.6 Å². The van der Waals surface area contributed by atoms with Crippen molar-refractivity contribution in [1.82, 2.24) is 5.32 Å². The predicted octanol–water partition coefficient (Wildman–Crippen LogP) is 2.87. The fourth-order valence-corrected chi connectivity index (χ4v) is 2.47. The van der Waals surface area contributed by atoms with Crippen LogP contribution in [-0.4, -0.2) is 23.7 Å². The number of carbonyl (C=O) groups excluding carboxylic acids is 1. The minimum atomic E-state index is -1.50. The molecule has 0 aromatic heterocycles. The number of benzene rings is 2. The number of para-hydroxylation sites is 1. The molecule has 0 aliphatic rings. The number of amides is 1. The Morgan fingerprint density at radius 1 is 1.17 bits per heavy atom. The molecular weight excluding hydrogens is 290 g/mol. The van der Waals surface area contributed by atoms with Crippen LogP contribution in [0.25, 0.3) is 0 Å². The van der Waals surface area contributed by atoms with Gasteiger partial charge in [-0.25, -0.2) is 0 Å². The van der Waals surface area contributed by atoms with Crippen molar-refractivity contribution in [3.05, 3.63) is 65.7 Å². The molecule has 0 bridgehead atoms. The van der Waals surface area contributed by atoms with E-state index in [0.717, 1.165) is 11.1 Å². The number of nitrogens with one attached hydrogen (secondary N) is 1. The number of carbonyl (C=O) groups is 1. The summed E-state index contributed by atoms with van der Waals surface area (Å²) in [6.07, 6.45) is 0. The van der Waals surface area contributed by atoms with Gasteiger partial charge in [0.2, 0.25) is 0 Å². The Hall–Kier alpha value is -2.33. The second-order valence-electron chi connectivity index (χ2n) is 5.77. The molecule has 2 aromatic carbocycles. The second kappa shape index (κ2) is 7.29. The van der Waals surface area contributed by atoms with E-state index in [-0.39, 0.29) is 5.92 Å². The molecule has 4 nitrogen and oxygen atoms in total. The van der Waals surface area contributed by atoms with Gasteiger partial charge in [0.15, 0.2) is 0 Å². The van der Waals surface area contributed by atoms with Gasteiger partial charge in [0, 0.05) is 18.0 Å². The monoisotopic (exact) mass is 313 g/mol. The molecule has 0 fully saturated rings. The van der Waals surface area contributed by atoms with Crippen molar-refractivity contribution in [2.45, 2.75) is 31.9 Å². The van der Waals surface area contributed by atoms with E-state index in [1.54, 1.807) is 14.0 Å². The van der Waals surface area contributed by atoms with Gasteiger partial charge in [-0.15, -0.1) is 0 Å². The Morgan fingerprint density at radius 2 is 1.78 bits per heavy atom. The number of rotatable bonds is 6. The Kier molecular flexibility index (Phi) is 5.40. The molecule has 2 N–H and O–H groups in total. The lowest BCUT2D eigenvalue weighted by atomic mass is 9.84. The van der Waals surface area contributed by atoms with Crippen LogP contribution < -0.4 is 10.1 Å². The maximum Gasteiger partial charge on any atom is 0.252 e. The molecule has 0 aliphatic heterocycles. The van der Waals surface area contributed by atoms with E-state index in [2.05, 4.69) is 5.32 Å². The normalized spacial score (nSPS) is 14.6. The molecule has 23 heavy (non-hydrogen) atoms. The molecule has 0 heterocycles. The summed E-state index contributed by atoms with van der Waals surface area (Å²) in [5.41, 5.74) is 0.292. The number of ether oxygens (including phenoxy) is 1. The molecular formula is C19H23NO3. The van der Waals surface area contributed by atoms with Crippen LogP contribution in [-0.2, 0) is 11.3 Å². The molecule has 0 saturated carbocycles. The predicted molar refractivity (Wildman–Crippen MR) is 90.3 cm³/mol. The van der Waals surface area contributed by atoms with Crippen molar-refractivity contribution in [1.29, 1.82) is 0 Å². The van der Waals surface area contributed by atoms with Gasteiger partial charge in [0.05, 0.1) is 7.11 Å². The van der Waals surface area contributed by atoms with Gasteiger partial charge in [0.1, 0.15) is 11.4 Å². The smallest absolute Gasteiger partial charge is 0.252 e. The molecule has 0 saturated heterocycles. The zero-order valence-corrected chi connectivity index (χ0v) is 13.7. The maximum absolute atomic E-state index is 12.5. The first-order valence-electron chi connectivity index (χ1n) is 7.64. The Bertz CT molecular complexity index is 653. The Balaban J connectivity index is 2.07. The summed E-state index contributed by atoms with van der Waals surface area (Å²) in [5.74, 6) is -0.00956. The van der Waals surface area contributed by atoms with Gasteiger partial charge in [-0.3, -0.25) is 4.79 Å². The molecule has 4 heteroatoms. The van der Waals surface area contributed by atoms with Gasteiger partial charge in [-0.2, -0.15) is 0 Å². The molecule has 0 spiro atoms. The zero-order valence-electron chi connectivity index (χ0n) is 13.7. The molecule has 2 rings (SSSR count). The summed E-state index contributed by atoms with van der Waals surface area (Å²) in [7, 11) is 1.59. The first-order valence-corrected chi connectivity index (χ1v) is 7.64. The third-order valence-electron chi connectivity index (χ3n) is 4.23. The summed E-state index contributed by atoms with van der Waals surface area (Å²) in [6, 6.07) is 17.0. The lowest BCUT2D eigenvalue weighted by Crippen LogP contribution is -2.47. The van der Waals surface area contributed by atoms with Crippen LogP contribution in [0.5, 0.6) is 5.75 Å². The highest BCUT2D eigenvalue weighted by Gasteiger charge is 2.37. The molecule has 2 aromatic rings. The average molecular weight is 313 g/mol. The van der Waals surface area contributed by atoms with Crippen molar-refractivity contribution < 1.29 is 14.6 Å². The van der Waals surface area contributed by atoms with Crippen LogP contribution in [0.2, 0.25) is 0 Å². The van der Waals surface area contributed by atoms with Gasteiger partial charge < -0.3 is 15.2 Å².